The predicted octanol–water partition coefficient (Wildman–Crippen LogP) is 1.38. The van der Waals surface area contributed by atoms with E-state index in [9.17, 15) is 0 Å². The summed E-state index contributed by atoms with van der Waals surface area (Å²) in [5, 5.41) is 0.475. The Bertz CT molecular complexity index is 237. The molecule has 0 aliphatic carbocycles. The summed E-state index contributed by atoms with van der Waals surface area (Å²) >= 11 is 5.61. The number of nitrogens with two attached hydrogens (primary N) is 1. The number of aromatic nitrogens is 1. The van der Waals surface area contributed by atoms with Crippen molar-refractivity contribution >= 4 is 11.6 Å². The number of ether oxygens (including phenoxy) is 1. The highest BCUT2D eigenvalue weighted by Crippen LogP contribution is 2.11. The van der Waals surface area contributed by atoms with Gasteiger partial charge in [0.2, 0.25) is 0 Å². The monoisotopic (exact) mass is 186 g/mol. The smallest absolute Gasteiger partial charge is 0.129 e. The number of halogens is 1. The summed E-state index contributed by atoms with van der Waals surface area (Å²) in [4.78, 5) is 3.91. The van der Waals surface area contributed by atoms with Crippen molar-refractivity contribution in [3.8, 4) is 0 Å². The highest BCUT2D eigenvalue weighted by Gasteiger charge is 2.04. The molecular formula is C8H11ClN2O. The van der Waals surface area contributed by atoms with Crippen molar-refractivity contribution < 1.29 is 4.74 Å². The zero-order chi connectivity index (χ0) is 8.97. The zero-order valence-electron chi connectivity index (χ0n) is 6.83. The largest absolute Gasteiger partial charge is 0.383 e. The van der Waals surface area contributed by atoms with Crippen LogP contribution in [0.5, 0.6) is 0 Å². The number of hydrogen-bond acceptors (Lipinski definition) is 3. The molecule has 0 bridgehead atoms. The maximum atomic E-state index is 5.75. The summed E-state index contributed by atoms with van der Waals surface area (Å²) in [6.45, 7) is 0.489. The Balaban J connectivity index is 2.68. The van der Waals surface area contributed by atoms with Crippen molar-refractivity contribution in [2.24, 2.45) is 5.73 Å². The van der Waals surface area contributed by atoms with E-state index < -0.39 is 0 Å². The Kier molecular flexibility index (Phi) is 3.47. The lowest BCUT2D eigenvalue weighted by molar-refractivity contribution is 0.181. The molecule has 1 atom stereocenters. The molecule has 0 aliphatic heterocycles. The van der Waals surface area contributed by atoms with Gasteiger partial charge in [-0.05, 0) is 11.6 Å². The summed E-state index contributed by atoms with van der Waals surface area (Å²) in [5.41, 5.74) is 6.68. The number of pyridine rings is 1. The van der Waals surface area contributed by atoms with Crippen LogP contribution in [0.15, 0.2) is 18.3 Å². The van der Waals surface area contributed by atoms with Crippen molar-refractivity contribution in [2.45, 2.75) is 6.04 Å². The van der Waals surface area contributed by atoms with Gasteiger partial charge in [-0.3, -0.25) is 0 Å². The average Bonchev–Trinajstić information content (AvgIpc) is 2.06. The summed E-state index contributed by atoms with van der Waals surface area (Å²) in [6.07, 6.45) is 1.66. The Morgan fingerprint density at radius 2 is 2.42 bits per heavy atom. The lowest BCUT2D eigenvalue weighted by Gasteiger charge is -2.09. The van der Waals surface area contributed by atoms with E-state index in [1.165, 1.54) is 0 Å². The summed E-state index contributed by atoms with van der Waals surface area (Å²) in [7, 11) is 1.61. The van der Waals surface area contributed by atoms with Crippen LogP contribution in [-0.2, 0) is 4.74 Å². The highest BCUT2D eigenvalue weighted by molar-refractivity contribution is 6.29. The molecule has 2 N–H and O–H groups in total. The van der Waals surface area contributed by atoms with Crippen LogP contribution < -0.4 is 5.73 Å². The normalized spacial score (nSPS) is 12.9. The van der Waals surface area contributed by atoms with Crippen LogP contribution in [0.2, 0.25) is 5.15 Å². The van der Waals surface area contributed by atoms with Crippen LogP contribution >= 0.6 is 11.6 Å². The quantitative estimate of drug-likeness (QED) is 0.726. The van der Waals surface area contributed by atoms with Gasteiger partial charge in [0, 0.05) is 13.3 Å². The van der Waals surface area contributed by atoms with Crippen molar-refractivity contribution in [3.63, 3.8) is 0 Å². The highest BCUT2D eigenvalue weighted by atomic mass is 35.5. The van der Waals surface area contributed by atoms with Crippen molar-refractivity contribution in [2.75, 3.05) is 13.7 Å². The maximum Gasteiger partial charge on any atom is 0.129 e. The molecule has 0 radical (unpaired) electrons. The van der Waals surface area contributed by atoms with Crippen molar-refractivity contribution in [3.05, 3.63) is 29.0 Å². The van der Waals surface area contributed by atoms with Crippen LogP contribution in [0.1, 0.15) is 11.6 Å². The predicted molar refractivity (Wildman–Crippen MR) is 48.1 cm³/mol. The van der Waals surface area contributed by atoms with E-state index in [1.807, 2.05) is 6.07 Å². The SMILES string of the molecule is COCC(N)c1ccc(Cl)nc1. The molecule has 0 saturated carbocycles. The van der Waals surface area contributed by atoms with Crippen LogP contribution in [0.3, 0.4) is 0 Å². The second-order valence-corrected chi connectivity index (χ2v) is 2.86. The van der Waals surface area contributed by atoms with Gasteiger partial charge in [0.05, 0.1) is 12.6 Å². The van der Waals surface area contributed by atoms with Crippen LogP contribution in [0, 0.1) is 0 Å². The molecule has 0 aliphatic rings. The van der Waals surface area contributed by atoms with Gasteiger partial charge in [-0.15, -0.1) is 0 Å². The number of rotatable bonds is 3. The third kappa shape index (κ3) is 2.44. The fraction of sp³-hybridized carbons (Fsp3) is 0.375. The summed E-state index contributed by atoms with van der Waals surface area (Å²) in [5.74, 6) is 0. The third-order valence-corrected chi connectivity index (χ3v) is 1.75. The standard InChI is InChI=1S/C8H11ClN2O/c1-12-5-7(10)6-2-3-8(9)11-4-6/h2-4,7H,5,10H2,1H3. The molecule has 0 aromatic carbocycles. The van der Waals surface area contributed by atoms with E-state index in [0.717, 1.165) is 5.56 Å². The van der Waals surface area contributed by atoms with E-state index >= 15 is 0 Å². The van der Waals surface area contributed by atoms with Crippen molar-refractivity contribution in [1.29, 1.82) is 0 Å². The van der Waals surface area contributed by atoms with Gasteiger partial charge in [-0.1, -0.05) is 17.7 Å². The molecule has 4 heteroatoms. The van der Waals surface area contributed by atoms with Gasteiger partial charge in [0.1, 0.15) is 5.15 Å². The van der Waals surface area contributed by atoms with E-state index in [1.54, 1.807) is 19.4 Å². The van der Waals surface area contributed by atoms with Gasteiger partial charge in [0.25, 0.3) is 0 Å². The van der Waals surface area contributed by atoms with Gasteiger partial charge >= 0.3 is 0 Å². The fourth-order valence-electron chi connectivity index (χ4n) is 0.882. The molecule has 1 aromatic rings. The van der Waals surface area contributed by atoms with E-state index in [4.69, 9.17) is 22.1 Å². The molecule has 1 heterocycles. The molecule has 0 saturated heterocycles. The summed E-state index contributed by atoms with van der Waals surface area (Å²) in [6, 6.07) is 3.44. The minimum absolute atomic E-state index is 0.125. The van der Waals surface area contributed by atoms with Crippen molar-refractivity contribution in [1.82, 2.24) is 4.98 Å². The second kappa shape index (κ2) is 4.40. The summed E-state index contributed by atoms with van der Waals surface area (Å²) < 4.78 is 4.90. The Hall–Kier alpha value is -0.640. The van der Waals surface area contributed by atoms with Gasteiger partial charge in [-0.25, -0.2) is 4.98 Å². The van der Waals surface area contributed by atoms with Crippen LogP contribution in [0.4, 0.5) is 0 Å². The Morgan fingerprint density at radius 1 is 1.67 bits per heavy atom. The van der Waals surface area contributed by atoms with Gasteiger partial charge < -0.3 is 10.5 Å². The number of methoxy groups -OCH3 is 1. The van der Waals surface area contributed by atoms with Gasteiger partial charge in [0.15, 0.2) is 0 Å². The second-order valence-electron chi connectivity index (χ2n) is 2.48. The molecule has 0 amide bonds. The fourth-order valence-corrected chi connectivity index (χ4v) is 0.994. The molecule has 3 nitrogen and oxygen atoms in total. The molecule has 1 aromatic heterocycles. The first kappa shape index (κ1) is 9.45. The lowest BCUT2D eigenvalue weighted by Crippen LogP contribution is -2.16. The van der Waals surface area contributed by atoms with Crippen LogP contribution in [0.25, 0.3) is 0 Å². The van der Waals surface area contributed by atoms with Crippen LogP contribution in [-0.4, -0.2) is 18.7 Å². The Labute approximate surface area is 76.5 Å². The van der Waals surface area contributed by atoms with E-state index in [0.29, 0.717) is 11.8 Å². The first-order valence-electron chi connectivity index (χ1n) is 3.60. The molecule has 0 fully saturated rings. The molecular weight excluding hydrogens is 176 g/mol. The first-order chi connectivity index (χ1) is 5.74. The number of nitrogens with zero attached hydrogens (tertiary/aromatic N) is 1. The molecule has 66 valence electrons. The minimum Gasteiger partial charge on any atom is -0.383 e. The first-order valence-corrected chi connectivity index (χ1v) is 3.98. The van der Waals surface area contributed by atoms with E-state index in [2.05, 4.69) is 4.98 Å². The number of hydrogen-bond donors (Lipinski definition) is 1. The zero-order valence-corrected chi connectivity index (χ0v) is 7.58. The minimum atomic E-state index is -0.125. The van der Waals surface area contributed by atoms with E-state index in [-0.39, 0.29) is 6.04 Å². The molecule has 1 unspecified atom stereocenters. The molecule has 0 spiro atoms. The molecule has 1 rings (SSSR count). The molecule has 12 heavy (non-hydrogen) atoms. The topological polar surface area (TPSA) is 48.1 Å². The Morgan fingerprint density at radius 3 is 2.92 bits per heavy atom. The lowest BCUT2D eigenvalue weighted by atomic mass is 10.1. The van der Waals surface area contributed by atoms with Gasteiger partial charge in [-0.2, -0.15) is 0 Å². The maximum absolute atomic E-state index is 5.75. The average molecular weight is 187 g/mol. The third-order valence-electron chi connectivity index (χ3n) is 1.52.